The molecular formula is C15H13N5. The number of hydrogen-bond acceptors (Lipinski definition) is 3. The summed E-state index contributed by atoms with van der Waals surface area (Å²) in [6, 6.07) is 6.06. The van der Waals surface area contributed by atoms with Gasteiger partial charge in [-0.3, -0.25) is 0 Å². The van der Waals surface area contributed by atoms with Gasteiger partial charge >= 0.3 is 0 Å². The number of pyridine rings is 1. The summed E-state index contributed by atoms with van der Waals surface area (Å²) in [5.74, 6) is 0. The maximum absolute atomic E-state index is 4.55. The highest BCUT2D eigenvalue weighted by Crippen LogP contribution is 2.32. The number of aromatic nitrogens is 5. The second-order valence-corrected chi connectivity index (χ2v) is 4.96. The van der Waals surface area contributed by atoms with E-state index in [-0.39, 0.29) is 0 Å². The molecule has 0 aliphatic heterocycles. The first-order valence-electron chi connectivity index (χ1n) is 6.49. The summed E-state index contributed by atoms with van der Waals surface area (Å²) in [6.07, 6.45) is 5.59. The molecule has 0 spiro atoms. The Morgan fingerprint density at radius 3 is 2.95 bits per heavy atom. The number of aryl methyl sites for hydroxylation is 2. The van der Waals surface area contributed by atoms with Crippen molar-refractivity contribution >= 4 is 16.6 Å². The summed E-state index contributed by atoms with van der Waals surface area (Å²) in [4.78, 5) is 7.77. The molecule has 0 radical (unpaired) electrons. The Hall–Kier alpha value is -2.69. The van der Waals surface area contributed by atoms with Crippen molar-refractivity contribution in [1.82, 2.24) is 24.8 Å². The third-order valence-electron chi connectivity index (χ3n) is 3.56. The van der Waals surface area contributed by atoms with Gasteiger partial charge in [-0.1, -0.05) is 0 Å². The van der Waals surface area contributed by atoms with Crippen molar-refractivity contribution in [2.24, 2.45) is 0 Å². The summed E-state index contributed by atoms with van der Waals surface area (Å²) in [5, 5.41) is 9.69. The zero-order valence-electron chi connectivity index (χ0n) is 11.3. The Labute approximate surface area is 115 Å². The Kier molecular flexibility index (Phi) is 2.18. The average molecular weight is 263 g/mol. The van der Waals surface area contributed by atoms with Gasteiger partial charge in [0, 0.05) is 29.0 Å². The number of nitrogens with zero attached hydrogens (tertiary/aromatic N) is 4. The van der Waals surface area contributed by atoms with Gasteiger partial charge in [-0.15, -0.1) is 0 Å². The molecule has 0 saturated heterocycles. The van der Waals surface area contributed by atoms with Crippen LogP contribution in [-0.2, 0) is 0 Å². The molecule has 0 aromatic carbocycles. The first-order valence-corrected chi connectivity index (χ1v) is 6.49. The molecule has 0 amide bonds. The molecule has 5 heteroatoms. The minimum atomic E-state index is 0.917. The largest absolute Gasteiger partial charge is 0.346 e. The van der Waals surface area contributed by atoms with Crippen molar-refractivity contribution in [1.29, 1.82) is 0 Å². The van der Waals surface area contributed by atoms with Crippen molar-refractivity contribution in [3.05, 3.63) is 48.0 Å². The van der Waals surface area contributed by atoms with Crippen molar-refractivity contribution in [3.63, 3.8) is 0 Å². The minimum absolute atomic E-state index is 0.917. The van der Waals surface area contributed by atoms with Crippen molar-refractivity contribution < 1.29 is 0 Å². The second kappa shape index (κ2) is 3.90. The van der Waals surface area contributed by atoms with Gasteiger partial charge in [0.05, 0.1) is 11.7 Å². The molecule has 5 nitrogen and oxygen atoms in total. The van der Waals surface area contributed by atoms with E-state index in [0.717, 1.165) is 33.4 Å². The molecule has 0 bridgehead atoms. The molecule has 0 fully saturated rings. The van der Waals surface area contributed by atoms with Crippen molar-refractivity contribution in [2.45, 2.75) is 13.8 Å². The third-order valence-corrected chi connectivity index (χ3v) is 3.56. The number of H-pyrrole nitrogens is 1. The molecule has 98 valence electrons. The van der Waals surface area contributed by atoms with E-state index >= 15 is 0 Å². The Morgan fingerprint density at radius 1 is 1.15 bits per heavy atom. The zero-order chi connectivity index (χ0) is 13.7. The maximum atomic E-state index is 4.55. The minimum Gasteiger partial charge on any atom is -0.346 e. The molecule has 0 aliphatic rings. The summed E-state index contributed by atoms with van der Waals surface area (Å²) in [5.41, 5.74) is 6.31. The third kappa shape index (κ3) is 1.46. The lowest BCUT2D eigenvalue weighted by atomic mass is 10.0. The van der Waals surface area contributed by atoms with E-state index in [1.165, 1.54) is 5.56 Å². The molecule has 4 aromatic rings. The molecule has 20 heavy (non-hydrogen) atoms. The van der Waals surface area contributed by atoms with E-state index in [9.17, 15) is 0 Å². The Balaban J connectivity index is 2.14. The summed E-state index contributed by atoms with van der Waals surface area (Å²) < 4.78 is 1.65. The number of aromatic amines is 1. The van der Waals surface area contributed by atoms with E-state index in [4.69, 9.17) is 0 Å². The standard InChI is InChI=1S/C15H13N5/c1-9-7-16-15-14(9)11(6-10(2)19-15)12-8-18-20-13(12)4-3-5-17-20/h3-8H,1-2H3,(H,16,19). The number of fused-ring (bicyclic) bond motifs is 2. The van der Waals surface area contributed by atoms with E-state index < -0.39 is 0 Å². The van der Waals surface area contributed by atoms with Crippen molar-refractivity contribution in [3.8, 4) is 11.1 Å². The van der Waals surface area contributed by atoms with Gasteiger partial charge in [0.1, 0.15) is 5.65 Å². The van der Waals surface area contributed by atoms with Crippen LogP contribution in [0.5, 0.6) is 0 Å². The van der Waals surface area contributed by atoms with Crippen LogP contribution in [0.3, 0.4) is 0 Å². The van der Waals surface area contributed by atoms with Crippen LogP contribution in [0.2, 0.25) is 0 Å². The molecule has 0 saturated carbocycles. The Morgan fingerprint density at radius 2 is 2.05 bits per heavy atom. The predicted octanol–water partition coefficient (Wildman–Crippen LogP) is 2.89. The monoisotopic (exact) mass is 263 g/mol. The Bertz CT molecular complexity index is 932. The van der Waals surface area contributed by atoms with Gasteiger partial charge in [-0.2, -0.15) is 14.8 Å². The van der Waals surface area contributed by atoms with E-state index in [2.05, 4.69) is 33.2 Å². The van der Waals surface area contributed by atoms with Gasteiger partial charge < -0.3 is 4.98 Å². The SMILES string of the molecule is Cc1cc(-c2cnn3ncccc23)c2c(C)c[nH]c2n1. The number of hydrogen-bond donors (Lipinski definition) is 1. The maximum Gasteiger partial charge on any atom is 0.138 e. The van der Waals surface area contributed by atoms with Gasteiger partial charge in [0.25, 0.3) is 0 Å². The van der Waals surface area contributed by atoms with Gasteiger partial charge in [-0.25, -0.2) is 4.98 Å². The fourth-order valence-corrected chi connectivity index (χ4v) is 2.68. The summed E-state index contributed by atoms with van der Waals surface area (Å²) >= 11 is 0. The molecule has 0 aliphatic carbocycles. The van der Waals surface area contributed by atoms with Crippen molar-refractivity contribution in [2.75, 3.05) is 0 Å². The number of rotatable bonds is 1. The molecular weight excluding hydrogens is 250 g/mol. The summed E-state index contributed by atoms with van der Waals surface area (Å²) in [6.45, 7) is 4.09. The lowest BCUT2D eigenvalue weighted by Crippen LogP contribution is -1.91. The van der Waals surface area contributed by atoms with E-state index in [0.29, 0.717) is 0 Å². The first kappa shape index (κ1) is 11.2. The summed E-state index contributed by atoms with van der Waals surface area (Å²) in [7, 11) is 0. The number of nitrogens with one attached hydrogen (secondary N) is 1. The lowest BCUT2D eigenvalue weighted by molar-refractivity contribution is 0.800. The smallest absolute Gasteiger partial charge is 0.138 e. The molecule has 0 unspecified atom stereocenters. The highest BCUT2D eigenvalue weighted by molar-refractivity contribution is 5.99. The zero-order valence-corrected chi connectivity index (χ0v) is 11.3. The first-order chi connectivity index (χ1) is 9.74. The van der Waals surface area contributed by atoms with Gasteiger partial charge in [0.2, 0.25) is 0 Å². The van der Waals surface area contributed by atoms with Crippen LogP contribution in [-0.4, -0.2) is 24.8 Å². The normalized spacial score (nSPS) is 11.5. The van der Waals surface area contributed by atoms with Crippen LogP contribution in [0.25, 0.3) is 27.7 Å². The fourth-order valence-electron chi connectivity index (χ4n) is 2.68. The molecule has 4 heterocycles. The van der Waals surface area contributed by atoms with Crippen LogP contribution in [0, 0.1) is 13.8 Å². The van der Waals surface area contributed by atoms with E-state index in [1.54, 1.807) is 10.8 Å². The lowest BCUT2D eigenvalue weighted by Gasteiger charge is -2.04. The highest BCUT2D eigenvalue weighted by Gasteiger charge is 2.14. The predicted molar refractivity (Wildman–Crippen MR) is 77.5 cm³/mol. The molecule has 1 N–H and O–H groups in total. The van der Waals surface area contributed by atoms with E-state index in [1.807, 2.05) is 31.5 Å². The van der Waals surface area contributed by atoms with Crippen LogP contribution in [0.4, 0.5) is 0 Å². The van der Waals surface area contributed by atoms with Crippen LogP contribution in [0.15, 0.2) is 36.8 Å². The van der Waals surface area contributed by atoms with Gasteiger partial charge in [0.15, 0.2) is 0 Å². The highest BCUT2D eigenvalue weighted by atomic mass is 15.4. The van der Waals surface area contributed by atoms with Crippen LogP contribution in [0.1, 0.15) is 11.3 Å². The topological polar surface area (TPSA) is 58.9 Å². The molecule has 4 aromatic heterocycles. The van der Waals surface area contributed by atoms with Crippen LogP contribution < -0.4 is 0 Å². The second-order valence-electron chi connectivity index (χ2n) is 4.96. The average Bonchev–Trinajstić information content (AvgIpc) is 3.02. The fraction of sp³-hybridized carbons (Fsp3) is 0.133. The van der Waals surface area contributed by atoms with Crippen LogP contribution >= 0.6 is 0 Å². The van der Waals surface area contributed by atoms with Gasteiger partial charge in [-0.05, 0) is 43.2 Å². The molecule has 4 rings (SSSR count). The molecule has 0 atom stereocenters. The quantitative estimate of drug-likeness (QED) is 0.574.